The van der Waals surface area contributed by atoms with Crippen LogP contribution in [0.15, 0.2) is 30.3 Å². The summed E-state index contributed by atoms with van der Waals surface area (Å²) in [6, 6.07) is 10.3. The number of anilines is 1. The molecule has 0 saturated carbocycles. The Labute approximate surface area is 138 Å². The summed E-state index contributed by atoms with van der Waals surface area (Å²) in [6.45, 7) is 12.8. The molecule has 0 aliphatic rings. The largest absolute Gasteiger partial charge is 0.358 e. The van der Waals surface area contributed by atoms with Gasteiger partial charge in [0.15, 0.2) is 5.11 Å². The average Bonchev–Trinajstić information content (AvgIpc) is 2.34. The van der Waals surface area contributed by atoms with E-state index < -0.39 is 0 Å². The average molecular weight is 315 g/mol. The van der Waals surface area contributed by atoms with Gasteiger partial charge in [-0.15, -0.1) is 0 Å². The molecule has 1 aromatic carbocycles. The molecular weight excluding hydrogens is 290 g/mol. The van der Waals surface area contributed by atoms with Crippen LogP contribution in [0, 0.1) is 0 Å². The molecule has 0 amide bonds. The first-order valence-corrected chi connectivity index (χ1v) is 7.96. The number of nitrogens with zero attached hydrogens (tertiary/aromatic N) is 1. The van der Waals surface area contributed by atoms with Crippen LogP contribution in [0.1, 0.15) is 47.2 Å². The van der Waals surface area contributed by atoms with Crippen molar-refractivity contribution in [1.82, 2.24) is 10.3 Å². The molecule has 118 valence electrons. The summed E-state index contributed by atoms with van der Waals surface area (Å²) >= 11 is 5.34. The van der Waals surface area contributed by atoms with Crippen molar-refractivity contribution in [2.45, 2.75) is 52.5 Å². The Morgan fingerprint density at radius 1 is 1.00 bits per heavy atom. The van der Waals surface area contributed by atoms with E-state index in [1.54, 1.807) is 0 Å². The minimum atomic E-state index is -0.0515. The highest BCUT2D eigenvalue weighted by molar-refractivity contribution is 7.80. The van der Waals surface area contributed by atoms with Gasteiger partial charge in [0.25, 0.3) is 0 Å². The molecule has 22 heavy (non-hydrogen) atoms. The lowest BCUT2D eigenvalue weighted by molar-refractivity contribution is 0.515. The fraction of sp³-hybridized carbons (Fsp3) is 0.444. The number of hydrogen-bond donors (Lipinski definition) is 2. The maximum absolute atomic E-state index is 5.34. The first-order valence-electron chi connectivity index (χ1n) is 7.55. The monoisotopic (exact) mass is 315 g/mol. The van der Waals surface area contributed by atoms with E-state index in [1.807, 2.05) is 12.1 Å². The number of aromatic nitrogens is 1. The molecule has 0 aliphatic heterocycles. The standard InChI is InChI=1S/C18H25N3S/c1-17(2,3)15-10-7-12-11-13(8-9-14(12)20-15)19-16(22)21-18(4,5)6/h7-11H,1-6H3,(H2,19,21,22). The molecule has 0 bridgehead atoms. The Bertz CT molecular complexity index is 694. The molecule has 2 rings (SSSR count). The number of rotatable bonds is 1. The van der Waals surface area contributed by atoms with E-state index in [-0.39, 0.29) is 11.0 Å². The van der Waals surface area contributed by atoms with Crippen LogP contribution in [0.25, 0.3) is 10.9 Å². The maximum atomic E-state index is 5.34. The van der Waals surface area contributed by atoms with E-state index in [1.165, 1.54) is 0 Å². The summed E-state index contributed by atoms with van der Waals surface area (Å²) < 4.78 is 0. The predicted molar refractivity (Wildman–Crippen MR) is 99.6 cm³/mol. The van der Waals surface area contributed by atoms with Gasteiger partial charge in [0.1, 0.15) is 0 Å². The van der Waals surface area contributed by atoms with Gasteiger partial charge in [-0.3, -0.25) is 4.98 Å². The Morgan fingerprint density at radius 3 is 2.27 bits per heavy atom. The SMILES string of the molecule is CC(C)(C)NC(=S)Nc1ccc2nc(C(C)(C)C)ccc2c1. The van der Waals surface area contributed by atoms with E-state index in [2.05, 4.69) is 70.4 Å². The van der Waals surface area contributed by atoms with Gasteiger partial charge in [0.2, 0.25) is 0 Å². The topological polar surface area (TPSA) is 37.0 Å². The van der Waals surface area contributed by atoms with Gasteiger partial charge < -0.3 is 10.6 Å². The number of pyridine rings is 1. The molecule has 3 nitrogen and oxygen atoms in total. The summed E-state index contributed by atoms with van der Waals surface area (Å²) in [4.78, 5) is 4.75. The third kappa shape index (κ3) is 4.41. The van der Waals surface area contributed by atoms with E-state index in [4.69, 9.17) is 17.2 Å². The molecule has 1 aromatic heterocycles. The second kappa shape index (κ2) is 5.84. The van der Waals surface area contributed by atoms with Gasteiger partial charge in [-0.1, -0.05) is 26.8 Å². The summed E-state index contributed by atoms with van der Waals surface area (Å²) in [6.07, 6.45) is 0. The number of nitrogens with one attached hydrogen (secondary N) is 2. The number of fused-ring (bicyclic) bond motifs is 1. The minimum absolute atomic E-state index is 0.0515. The maximum Gasteiger partial charge on any atom is 0.171 e. The number of benzene rings is 1. The fourth-order valence-electron chi connectivity index (χ4n) is 2.12. The van der Waals surface area contributed by atoms with Gasteiger partial charge >= 0.3 is 0 Å². The molecule has 2 N–H and O–H groups in total. The molecule has 1 heterocycles. The quantitative estimate of drug-likeness (QED) is 0.753. The first kappa shape index (κ1) is 16.7. The van der Waals surface area contributed by atoms with Crippen molar-refractivity contribution < 1.29 is 0 Å². The highest BCUT2D eigenvalue weighted by Crippen LogP contribution is 2.24. The zero-order valence-electron chi connectivity index (χ0n) is 14.2. The Balaban J connectivity index is 2.23. The minimum Gasteiger partial charge on any atom is -0.358 e. The second-order valence-corrected chi connectivity index (χ2v) is 8.09. The molecule has 0 radical (unpaired) electrons. The van der Waals surface area contributed by atoms with Crippen LogP contribution in [0.3, 0.4) is 0 Å². The highest BCUT2D eigenvalue weighted by Gasteiger charge is 2.15. The highest BCUT2D eigenvalue weighted by atomic mass is 32.1. The molecular formula is C18H25N3S. The van der Waals surface area contributed by atoms with Gasteiger partial charge in [-0.25, -0.2) is 0 Å². The second-order valence-electron chi connectivity index (χ2n) is 7.68. The summed E-state index contributed by atoms with van der Waals surface area (Å²) in [5, 5.41) is 8.22. The van der Waals surface area contributed by atoms with Gasteiger partial charge in [-0.2, -0.15) is 0 Å². The van der Waals surface area contributed by atoms with Crippen molar-refractivity contribution in [2.75, 3.05) is 5.32 Å². The zero-order chi connectivity index (χ0) is 16.5. The molecule has 0 spiro atoms. The third-order valence-corrected chi connectivity index (χ3v) is 3.41. The predicted octanol–water partition coefficient (Wildman–Crippen LogP) is 4.62. The van der Waals surface area contributed by atoms with Crippen LogP contribution in [-0.2, 0) is 5.41 Å². The lowest BCUT2D eigenvalue weighted by Gasteiger charge is -2.23. The number of thiocarbonyl (C=S) groups is 1. The molecule has 4 heteroatoms. The van der Waals surface area contributed by atoms with Crippen molar-refractivity contribution in [3.05, 3.63) is 36.0 Å². The molecule has 2 aromatic rings. The van der Waals surface area contributed by atoms with Crippen molar-refractivity contribution >= 4 is 33.9 Å². The van der Waals surface area contributed by atoms with E-state index in [9.17, 15) is 0 Å². The van der Waals surface area contributed by atoms with Crippen molar-refractivity contribution in [3.8, 4) is 0 Å². The van der Waals surface area contributed by atoms with Gasteiger partial charge in [-0.05, 0) is 57.3 Å². The van der Waals surface area contributed by atoms with E-state index in [0.29, 0.717) is 5.11 Å². The number of hydrogen-bond acceptors (Lipinski definition) is 2. The molecule has 0 unspecified atom stereocenters. The van der Waals surface area contributed by atoms with Crippen LogP contribution >= 0.6 is 12.2 Å². The van der Waals surface area contributed by atoms with Crippen LogP contribution < -0.4 is 10.6 Å². The Morgan fingerprint density at radius 2 is 1.68 bits per heavy atom. The van der Waals surface area contributed by atoms with Crippen molar-refractivity contribution in [2.24, 2.45) is 0 Å². The van der Waals surface area contributed by atoms with Gasteiger partial charge in [0.05, 0.1) is 5.52 Å². The third-order valence-electron chi connectivity index (χ3n) is 3.20. The van der Waals surface area contributed by atoms with Crippen molar-refractivity contribution in [3.63, 3.8) is 0 Å². The molecule has 0 saturated heterocycles. The van der Waals surface area contributed by atoms with Crippen LogP contribution in [-0.4, -0.2) is 15.6 Å². The first-order chi connectivity index (χ1) is 10.0. The molecule has 0 aliphatic carbocycles. The van der Waals surface area contributed by atoms with Crippen LogP contribution in [0.5, 0.6) is 0 Å². The fourth-order valence-corrected chi connectivity index (χ4v) is 2.55. The summed E-state index contributed by atoms with van der Waals surface area (Å²) in [5.74, 6) is 0. The molecule has 0 fully saturated rings. The van der Waals surface area contributed by atoms with Crippen molar-refractivity contribution in [1.29, 1.82) is 0 Å². The molecule has 0 atom stereocenters. The lowest BCUT2D eigenvalue weighted by atomic mass is 9.91. The van der Waals surface area contributed by atoms with E-state index >= 15 is 0 Å². The summed E-state index contributed by atoms with van der Waals surface area (Å²) in [5.41, 5.74) is 3.09. The summed E-state index contributed by atoms with van der Waals surface area (Å²) in [7, 11) is 0. The van der Waals surface area contributed by atoms with Gasteiger partial charge in [0, 0.05) is 27.7 Å². The van der Waals surface area contributed by atoms with Crippen LogP contribution in [0.4, 0.5) is 5.69 Å². The lowest BCUT2D eigenvalue weighted by Crippen LogP contribution is -2.42. The zero-order valence-corrected chi connectivity index (χ0v) is 15.1. The Hall–Kier alpha value is -1.68. The smallest absolute Gasteiger partial charge is 0.171 e. The Kier molecular flexibility index (Phi) is 4.43. The van der Waals surface area contributed by atoms with Crippen LogP contribution in [0.2, 0.25) is 0 Å². The van der Waals surface area contributed by atoms with E-state index in [0.717, 1.165) is 22.3 Å². The normalized spacial score (nSPS) is 12.3.